The third-order valence-electron chi connectivity index (χ3n) is 2.78. The van der Waals surface area contributed by atoms with Gasteiger partial charge in [0.2, 0.25) is 0 Å². The number of halogens is 1. The first-order chi connectivity index (χ1) is 9.08. The molecule has 0 fully saturated rings. The van der Waals surface area contributed by atoms with Gasteiger partial charge in [-0.25, -0.2) is 0 Å². The van der Waals surface area contributed by atoms with Gasteiger partial charge in [-0.3, -0.25) is 14.8 Å². The minimum atomic E-state index is -0.374. The number of nitro benzene ring substituents is 1. The monoisotopic (exact) mass is 372 g/mol. The zero-order valence-electron chi connectivity index (χ0n) is 10.3. The van der Waals surface area contributed by atoms with E-state index in [0.717, 1.165) is 24.3 Å². The summed E-state index contributed by atoms with van der Waals surface area (Å²) in [6.07, 6.45) is 2.62. The Bertz CT molecular complexity index is 597. The molecule has 1 N–H and O–H groups in total. The fourth-order valence-corrected chi connectivity index (χ4v) is 2.46. The van der Waals surface area contributed by atoms with Gasteiger partial charge in [0, 0.05) is 43.7 Å². The molecule has 0 spiro atoms. The highest BCUT2D eigenvalue weighted by Gasteiger charge is 2.11. The summed E-state index contributed by atoms with van der Waals surface area (Å²) in [5.41, 5.74) is 2.17. The van der Waals surface area contributed by atoms with Crippen LogP contribution in [0.2, 0.25) is 0 Å². The topological polar surface area (TPSA) is 73.0 Å². The molecule has 0 saturated heterocycles. The standard InChI is InChI=1S/C12H13IN4O2/c1-16-10(5-7-15-16)4-6-14-9-2-3-12(17(18)19)11(13)8-9/h2-3,5,7-8,14H,4,6H2,1H3. The summed E-state index contributed by atoms with van der Waals surface area (Å²) in [6.45, 7) is 0.757. The molecule has 0 saturated carbocycles. The zero-order valence-corrected chi connectivity index (χ0v) is 12.5. The highest BCUT2D eigenvalue weighted by atomic mass is 127. The predicted octanol–water partition coefficient (Wildman–Crippen LogP) is 2.59. The molecule has 0 aliphatic rings. The predicted molar refractivity (Wildman–Crippen MR) is 81.2 cm³/mol. The number of nitrogens with one attached hydrogen (secondary N) is 1. The van der Waals surface area contributed by atoms with Crippen molar-refractivity contribution >= 4 is 34.0 Å². The molecule has 0 aliphatic carbocycles. The van der Waals surface area contributed by atoms with Crippen LogP contribution >= 0.6 is 22.6 Å². The van der Waals surface area contributed by atoms with Gasteiger partial charge in [0.15, 0.2) is 0 Å². The lowest BCUT2D eigenvalue weighted by Crippen LogP contribution is -2.08. The Balaban J connectivity index is 1.95. The fraction of sp³-hybridized carbons (Fsp3) is 0.250. The van der Waals surface area contributed by atoms with Crippen molar-refractivity contribution in [2.45, 2.75) is 6.42 Å². The van der Waals surface area contributed by atoms with Crippen molar-refractivity contribution in [3.8, 4) is 0 Å². The molecule has 2 rings (SSSR count). The number of hydrogen-bond acceptors (Lipinski definition) is 4. The van der Waals surface area contributed by atoms with Crippen molar-refractivity contribution in [2.75, 3.05) is 11.9 Å². The van der Waals surface area contributed by atoms with Crippen LogP contribution in [0.4, 0.5) is 11.4 Å². The Hall–Kier alpha value is -1.64. The molecular weight excluding hydrogens is 359 g/mol. The molecule has 0 unspecified atom stereocenters. The molecule has 0 atom stereocenters. The minimum absolute atomic E-state index is 0.137. The second-order valence-corrected chi connectivity index (χ2v) is 5.21. The lowest BCUT2D eigenvalue weighted by molar-refractivity contribution is -0.385. The van der Waals surface area contributed by atoms with Gasteiger partial charge in [0.25, 0.3) is 5.69 Å². The van der Waals surface area contributed by atoms with E-state index < -0.39 is 0 Å². The largest absolute Gasteiger partial charge is 0.385 e. The first-order valence-electron chi connectivity index (χ1n) is 5.72. The smallest absolute Gasteiger partial charge is 0.282 e. The summed E-state index contributed by atoms with van der Waals surface area (Å²) < 4.78 is 2.47. The van der Waals surface area contributed by atoms with Gasteiger partial charge in [-0.1, -0.05) is 0 Å². The molecule has 2 aromatic rings. The number of nitro groups is 1. The SMILES string of the molecule is Cn1nccc1CCNc1ccc([N+](=O)[O-])c(I)c1. The molecule has 7 heteroatoms. The van der Waals surface area contributed by atoms with Crippen molar-refractivity contribution < 1.29 is 4.92 Å². The first-order valence-corrected chi connectivity index (χ1v) is 6.80. The molecule has 19 heavy (non-hydrogen) atoms. The summed E-state index contributed by atoms with van der Waals surface area (Å²) in [5, 5.41) is 18.1. The number of hydrogen-bond donors (Lipinski definition) is 1. The molecule has 100 valence electrons. The molecule has 0 aliphatic heterocycles. The van der Waals surface area contributed by atoms with Crippen LogP contribution in [0.1, 0.15) is 5.69 Å². The van der Waals surface area contributed by atoms with E-state index in [0.29, 0.717) is 3.57 Å². The summed E-state index contributed by atoms with van der Waals surface area (Å²) in [7, 11) is 1.91. The maximum atomic E-state index is 10.7. The van der Waals surface area contributed by atoms with Crippen molar-refractivity contribution in [2.24, 2.45) is 7.05 Å². The van der Waals surface area contributed by atoms with E-state index in [9.17, 15) is 10.1 Å². The summed E-state index contributed by atoms with van der Waals surface area (Å²) in [4.78, 5) is 10.3. The molecule has 0 radical (unpaired) electrons. The Kier molecular flexibility index (Phi) is 4.35. The van der Waals surface area contributed by atoms with E-state index in [4.69, 9.17) is 0 Å². The van der Waals surface area contributed by atoms with Gasteiger partial charge in [-0.2, -0.15) is 5.10 Å². The van der Waals surface area contributed by atoms with Gasteiger partial charge in [0.1, 0.15) is 0 Å². The molecule has 0 amide bonds. The van der Waals surface area contributed by atoms with E-state index in [1.807, 2.05) is 40.4 Å². The van der Waals surface area contributed by atoms with Crippen molar-refractivity contribution in [1.82, 2.24) is 9.78 Å². The zero-order chi connectivity index (χ0) is 13.8. The van der Waals surface area contributed by atoms with E-state index in [1.165, 1.54) is 6.07 Å². The third-order valence-corrected chi connectivity index (χ3v) is 3.64. The second kappa shape index (κ2) is 6.00. The van der Waals surface area contributed by atoms with E-state index in [1.54, 1.807) is 18.3 Å². The Morgan fingerprint density at radius 2 is 2.26 bits per heavy atom. The number of rotatable bonds is 5. The third kappa shape index (κ3) is 3.43. The number of aromatic nitrogens is 2. The Morgan fingerprint density at radius 1 is 1.47 bits per heavy atom. The van der Waals surface area contributed by atoms with Crippen LogP contribution in [0.15, 0.2) is 30.5 Å². The van der Waals surface area contributed by atoms with Gasteiger partial charge in [-0.15, -0.1) is 0 Å². The highest BCUT2D eigenvalue weighted by molar-refractivity contribution is 14.1. The summed E-state index contributed by atoms with van der Waals surface area (Å²) in [5.74, 6) is 0. The average molecular weight is 372 g/mol. The maximum Gasteiger partial charge on any atom is 0.282 e. The van der Waals surface area contributed by atoms with Gasteiger partial charge in [-0.05, 0) is 40.8 Å². The van der Waals surface area contributed by atoms with Crippen LogP contribution in [-0.2, 0) is 13.5 Å². The molecular formula is C12H13IN4O2. The second-order valence-electron chi connectivity index (χ2n) is 4.05. The van der Waals surface area contributed by atoms with Crippen molar-refractivity contribution in [1.29, 1.82) is 0 Å². The van der Waals surface area contributed by atoms with Gasteiger partial charge >= 0.3 is 0 Å². The minimum Gasteiger partial charge on any atom is -0.385 e. The lowest BCUT2D eigenvalue weighted by Gasteiger charge is -2.07. The Morgan fingerprint density at radius 3 is 2.84 bits per heavy atom. The van der Waals surface area contributed by atoms with Crippen LogP contribution < -0.4 is 5.32 Å². The van der Waals surface area contributed by atoms with Crippen LogP contribution in [0, 0.1) is 13.7 Å². The molecule has 6 nitrogen and oxygen atoms in total. The quantitative estimate of drug-likeness (QED) is 0.498. The molecule has 1 aromatic heterocycles. The highest BCUT2D eigenvalue weighted by Crippen LogP contribution is 2.24. The summed E-state index contributed by atoms with van der Waals surface area (Å²) in [6, 6.07) is 7.00. The molecule has 1 heterocycles. The molecule has 1 aromatic carbocycles. The number of nitrogens with zero attached hydrogens (tertiary/aromatic N) is 3. The normalized spacial score (nSPS) is 10.4. The van der Waals surface area contributed by atoms with Crippen LogP contribution in [0.3, 0.4) is 0 Å². The number of aryl methyl sites for hydroxylation is 1. The van der Waals surface area contributed by atoms with E-state index in [2.05, 4.69) is 10.4 Å². The van der Waals surface area contributed by atoms with Crippen molar-refractivity contribution in [3.63, 3.8) is 0 Å². The van der Waals surface area contributed by atoms with Crippen LogP contribution in [0.25, 0.3) is 0 Å². The maximum absolute atomic E-state index is 10.7. The Labute approximate surface area is 124 Å². The summed E-state index contributed by atoms with van der Waals surface area (Å²) >= 11 is 1.97. The van der Waals surface area contributed by atoms with Crippen LogP contribution in [0.5, 0.6) is 0 Å². The lowest BCUT2D eigenvalue weighted by atomic mass is 10.2. The van der Waals surface area contributed by atoms with Crippen molar-refractivity contribution in [3.05, 3.63) is 49.8 Å². The van der Waals surface area contributed by atoms with Crippen LogP contribution in [-0.4, -0.2) is 21.2 Å². The number of benzene rings is 1. The van der Waals surface area contributed by atoms with E-state index in [-0.39, 0.29) is 10.6 Å². The van der Waals surface area contributed by atoms with Gasteiger partial charge in [0.05, 0.1) is 8.49 Å². The van der Waals surface area contributed by atoms with E-state index >= 15 is 0 Å². The average Bonchev–Trinajstić information content (AvgIpc) is 2.75. The first kappa shape index (κ1) is 13.8. The fourth-order valence-electron chi connectivity index (χ4n) is 1.75. The van der Waals surface area contributed by atoms with Gasteiger partial charge < -0.3 is 5.32 Å². The number of anilines is 1. The molecule has 0 bridgehead atoms.